The molecule has 0 saturated heterocycles. The first-order valence-corrected chi connectivity index (χ1v) is 21.2. The summed E-state index contributed by atoms with van der Waals surface area (Å²) < 4.78 is 2.37. The van der Waals surface area contributed by atoms with Crippen molar-refractivity contribution in [3.05, 3.63) is 255 Å². The van der Waals surface area contributed by atoms with Gasteiger partial charge in [-0.05, 0) is 116 Å². The van der Waals surface area contributed by atoms with E-state index >= 15 is 0 Å². The molecular formula is C60H42N2. The summed E-state index contributed by atoms with van der Waals surface area (Å²) in [6.07, 6.45) is 0. The van der Waals surface area contributed by atoms with Gasteiger partial charge in [0, 0.05) is 33.5 Å². The van der Waals surface area contributed by atoms with Crippen molar-refractivity contribution in [1.82, 2.24) is 4.57 Å². The molecule has 2 heteroatoms. The van der Waals surface area contributed by atoms with Crippen molar-refractivity contribution in [3.8, 4) is 61.3 Å². The molecule has 1 aromatic heterocycles. The summed E-state index contributed by atoms with van der Waals surface area (Å²) in [5.41, 5.74) is 18.7. The van der Waals surface area contributed by atoms with Crippen LogP contribution in [0.5, 0.6) is 0 Å². The molecule has 0 bridgehead atoms. The fourth-order valence-corrected chi connectivity index (χ4v) is 8.87. The molecule has 1 heterocycles. The Morgan fingerprint density at radius 1 is 0.226 bits per heavy atom. The molecule has 10 aromatic carbocycles. The van der Waals surface area contributed by atoms with Crippen molar-refractivity contribution in [2.75, 3.05) is 4.90 Å². The molecule has 0 fully saturated rings. The molecule has 0 unspecified atom stereocenters. The van der Waals surface area contributed by atoms with Crippen LogP contribution in [0.25, 0.3) is 83.1 Å². The van der Waals surface area contributed by atoms with Crippen LogP contribution in [-0.4, -0.2) is 4.57 Å². The standard InChI is InChI=1S/C60H42N2/c1-3-13-43(14-4-1)45-25-29-49(30-26-45)51-17-11-19-55(41-51)61(56-20-12-18-52(42-56)50-31-27-46(28-32-50)44-15-5-2-6-16-44)53-37-33-47(34-38-53)48-35-39-54(40-36-48)62-59-23-9-7-21-57(59)58-22-8-10-24-60(58)62/h1-42H. The largest absolute Gasteiger partial charge is 0.310 e. The molecule has 0 aliphatic rings. The van der Waals surface area contributed by atoms with Gasteiger partial charge in [-0.2, -0.15) is 0 Å². The maximum atomic E-state index is 2.37. The van der Waals surface area contributed by atoms with E-state index in [0.717, 1.165) is 22.7 Å². The summed E-state index contributed by atoms with van der Waals surface area (Å²) >= 11 is 0. The maximum absolute atomic E-state index is 2.37. The Kier molecular flexibility index (Phi) is 9.57. The van der Waals surface area contributed by atoms with Gasteiger partial charge in [0.2, 0.25) is 0 Å². The number of hydrogen-bond acceptors (Lipinski definition) is 1. The Labute approximate surface area is 362 Å². The number of benzene rings is 10. The summed E-state index contributed by atoms with van der Waals surface area (Å²) in [6.45, 7) is 0. The van der Waals surface area contributed by atoms with E-state index in [4.69, 9.17) is 0 Å². The minimum Gasteiger partial charge on any atom is -0.310 e. The highest BCUT2D eigenvalue weighted by Crippen LogP contribution is 2.40. The zero-order chi connectivity index (χ0) is 41.2. The lowest BCUT2D eigenvalue weighted by molar-refractivity contribution is 1.18. The van der Waals surface area contributed by atoms with Gasteiger partial charge in [0.05, 0.1) is 11.0 Å². The summed E-state index contributed by atoms with van der Waals surface area (Å²) in [4.78, 5) is 2.37. The lowest BCUT2D eigenvalue weighted by Crippen LogP contribution is -2.10. The Morgan fingerprint density at radius 3 is 0.984 bits per heavy atom. The van der Waals surface area contributed by atoms with Crippen molar-refractivity contribution >= 4 is 38.9 Å². The predicted octanol–water partition coefficient (Wildman–Crippen LogP) is 16.6. The van der Waals surface area contributed by atoms with E-state index in [1.807, 2.05) is 0 Å². The first-order chi connectivity index (χ1) is 30.7. The Hall–Kier alpha value is -8.20. The zero-order valence-electron chi connectivity index (χ0n) is 34.1. The molecular weight excluding hydrogens is 749 g/mol. The predicted molar refractivity (Wildman–Crippen MR) is 263 cm³/mol. The fraction of sp³-hybridized carbons (Fsp3) is 0. The monoisotopic (exact) mass is 790 g/mol. The topological polar surface area (TPSA) is 8.17 Å². The highest BCUT2D eigenvalue weighted by atomic mass is 15.1. The first kappa shape index (κ1) is 36.8. The van der Waals surface area contributed by atoms with E-state index < -0.39 is 0 Å². The van der Waals surface area contributed by atoms with E-state index in [0.29, 0.717) is 0 Å². The quantitative estimate of drug-likeness (QED) is 0.141. The summed E-state index contributed by atoms with van der Waals surface area (Å²) in [6, 6.07) is 92.0. The van der Waals surface area contributed by atoms with Crippen molar-refractivity contribution < 1.29 is 0 Å². The first-order valence-electron chi connectivity index (χ1n) is 21.2. The van der Waals surface area contributed by atoms with Crippen LogP contribution in [0.3, 0.4) is 0 Å². The third-order valence-electron chi connectivity index (χ3n) is 12.0. The third kappa shape index (κ3) is 7.04. The van der Waals surface area contributed by atoms with Gasteiger partial charge < -0.3 is 9.47 Å². The number of rotatable bonds is 9. The highest BCUT2D eigenvalue weighted by Gasteiger charge is 2.16. The molecule has 2 nitrogen and oxygen atoms in total. The van der Waals surface area contributed by atoms with Gasteiger partial charge >= 0.3 is 0 Å². The van der Waals surface area contributed by atoms with Gasteiger partial charge in [-0.15, -0.1) is 0 Å². The second-order valence-electron chi connectivity index (χ2n) is 15.8. The van der Waals surface area contributed by atoms with Crippen LogP contribution in [0, 0.1) is 0 Å². The SMILES string of the molecule is c1ccc(-c2ccc(-c3cccc(N(c4ccc(-c5ccc(-n6c7ccccc7c7ccccc76)cc5)cc4)c4cccc(-c5ccc(-c6ccccc6)cc5)c4)c3)cc2)cc1. The van der Waals surface area contributed by atoms with Crippen LogP contribution >= 0.6 is 0 Å². The second-order valence-corrected chi connectivity index (χ2v) is 15.8. The van der Waals surface area contributed by atoms with Gasteiger partial charge in [-0.3, -0.25) is 0 Å². The molecule has 62 heavy (non-hydrogen) atoms. The number of hydrogen-bond donors (Lipinski definition) is 0. The number of para-hydroxylation sites is 2. The minimum atomic E-state index is 1.09. The molecule has 0 N–H and O–H groups in total. The average molecular weight is 791 g/mol. The molecule has 11 aromatic rings. The van der Waals surface area contributed by atoms with Gasteiger partial charge in [0.1, 0.15) is 0 Å². The summed E-state index contributed by atoms with van der Waals surface area (Å²) in [7, 11) is 0. The van der Waals surface area contributed by atoms with E-state index in [2.05, 4.69) is 264 Å². The minimum absolute atomic E-state index is 1.09. The summed E-state index contributed by atoms with van der Waals surface area (Å²) in [5, 5.41) is 2.54. The van der Waals surface area contributed by atoms with Crippen LogP contribution in [-0.2, 0) is 0 Å². The molecule has 0 aliphatic carbocycles. The van der Waals surface area contributed by atoms with Crippen LogP contribution in [0.15, 0.2) is 255 Å². The van der Waals surface area contributed by atoms with Crippen molar-refractivity contribution in [2.24, 2.45) is 0 Å². The molecule has 0 radical (unpaired) electrons. The van der Waals surface area contributed by atoms with Gasteiger partial charge in [-0.1, -0.05) is 194 Å². The van der Waals surface area contributed by atoms with E-state index in [9.17, 15) is 0 Å². The fourth-order valence-electron chi connectivity index (χ4n) is 8.87. The van der Waals surface area contributed by atoms with Gasteiger partial charge in [0.15, 0.2) is 0 Å². The molecule has 292 valence electrons. The van der Waals surface area contributed by atoms with E-state index in [1.54, 1.807) is 0 Å². The van der Waals surface area contributed by atoms with E-state index in [-0.39, 0.29) is 0 Å². The lowest BCUT2D eigenvalue weighted by Gasteiger charge is -2.27. The van der Waals surface area contributed by atoms with Crippen LogP contribution < -0.4 is 4.90 Å². The molecule has 0 amide bonds. The van der Waals surface area contributed by atoms with Crippen molar-refractivity contribution in [2.45, 2.75) is 0 Å². The van der Waals surface area contributed by atoms with Crippen LogP contribution in [0.1, 0.15) is 0 Å². The normalized spacial score (nSPS) is 11.2. The van der Waals surface area contributed by atoms with Gasteiger partial charge in [0.25, 0.3) is 0 Å². The smallest absolute Gasteiger partial charge is 0.0541 e. The van der Waals surface area contributed by atoms with Gasteiger partial charge in [-0.25, -0.2) is 0 Å². The highest BCUT2D eigenvalue weighted by molar-refractivity contribution is 6.09. The molecule has 0 aliphatic heterocycles. The molecule has 11 rings (SSSR count). The Morgan fingerprint density at radius 2 is 0.548 bits per heavy atom. The third-order valence-corrected chi connectivity index (χ3v) is 12.0. The average Bonchev–Trinajstić information content (AvgIpc) is 3.70. The number of aromatic nitrogens is 1. The number of fused-ring (bicyclic) bond motifs is 3. The molecule has 0 saturated carbocycles. The molecule has 0 spiro atoms. The number of nitrogens with zero attached hydrogens (tertiary/aromatic N) is 2. The lowest BCUT2D eigenvalue weighted by atomic mass is 9.99. The van der Waals surface area contributed by atoms with E-state index in [1.165, 1.54) is 77.4 Å². The molecule has 0 atom stereocenters. The second kappa shape index (κ2) is 16.1. The Balaban J connectivity index is 0.948. The van der Waals surface area contributed by atoms with Crippen LogP contribution in [0.2, 0.25) is 0 Å². The summed E-state index contributed by atoms with van der Waals surface area (Å²) in [5.74, 6) is 0. The number of anilines is 3. The Bertz CT molecular complexity index is 3110. The maximum Gasteiger partial charge on any atom is 0.0541 e. The van der Waals surface area contributed by atoms with Crippen molar-refractivity contribution in [3.63, 3.8) is 0 Å². The van der Waals surface area contributed by atoms with Crippen molar-refractivity contribution in [1.29, 1.82) is 0 Å². The zero-order valence-corrected chi connectivity index (χ0v) is 34.1. The van der Waals surface area contributed by atoms with Crippen LogP contribution in [0.4, 0.5) is 17.1 Å².